The number of likely N-dealkylation sites (tertiary alicyclic amines) is 1. The lowest BCUT2D eigenvalue weighted by Gasteiger charge is -2.33. The van der Waals surface area contributed by atoms with Gasteiger partial charge in [-0.2, -0.15) is 0 Å². The van der Waals surface area contributed by atoms with Gasteiger partial charge >= 0.3 is 6.09 Å². The SMILES string of the molecule is CC(C)(C)OC(=O)N1CCC(Oc2ccc(-c3ccc4cccnc4c3Cl)cc2)CC1. The van der Waals surface area contributed by atoms with Gasteiger partial charge in [0, 0.05) is 43.1 Å². The molecule has 162 valence electrons. The zero-order chi connectivity index (χ0) is 22.0. The van der Waals surface area contributed by atoms with Gasteiger partial charge in [-0.3, -0.25) is 4.98 Å². The first kappa shape index (κ1) is 21.4. The third-order valence-electron chi connectivity index (χ3n) is 5.27. The maximum Gasteiger partial charge on any atom is 0.410 e. The van der Waals surface area contributed by atoms with Gasteiger partial charge in [-0.05, 0) is 44.5 Å². The van der Waals surface area contributed by atoms with E-state index in [2.05, 4.69) is 4.98 Å². The van der Waals surface area contributed by atoms with E-state index in [9.17, 15) is 4.79 Å². The van der Waals surface area contributed by atoms with Crippen LogP contribution in [0.3, 0.4) is 0 Å². The van der Waals surface area contributed by atoms with Crippen molar-refractivity contribution in [3.05, 3.63) is 59.8 Å². The summed E-state index contributed by atoms with van der Waals surface area (Å²) in [5.41, 5.74) is 2.30. The van der Waals surface area contributed by atoms with Crippen molar-refractivity contribution >= 4 is 28.6 Å². The normalized spacial score (nSPS) is 15.2. The molecule has 0 radical (unpaired) electrons. The summed E-state index contributed by atoms with van der Waals surface area (Å²) in [5, 5.41) is 1.68. The largest absolute Gasteiger partial charge is 0.490 e. The number of hydrogen-bond acceptors (Lipinski definition) is 4. The van der Waals surface area contributed by atoms with Gasteiger partial charge in [-0.15, -0.1) is 0 Å². The van der Waals surface area contributed by atoms with Crippen molar-refractivity contribution in [1.82, 2.24) is 9.88 Å². The van der Waals surface area contributed by atoms with Gasteiger partial charge in [0.1, 0.15) is 17.5 Å². The smallest absolute Gasteiger partial charge is 0.410 e. The minimum Gasteiger partial charge on any atom is -0.490 e. The molecular weight excluding hydrogens is 412 g/mol. The van der Waals surface area contributed by atoms with Gasteiger partial charge in [-0.1, -0.05) is 41.9 Å². The number of aromatic nitrogens is 1. The summed E-state index contributed by atoms with van der Waals surface area (Å²) in [5.74, 6) is 0.814. The van der Waals surface area contributed by atoms with Crippen molar-refractivity contribution in [1.29, 1.82) is 0 Å². The monoisotopic (exact) mass is 438 g/mol. The quantitative estimate of drug-likeness (QED) is 0.479. The van der Waals surface area contributed by atoms with Crippen LogP contribution < -0.4 is 4.74 Å². The van der Waals surface area contributed by atoms with Gasteiger partial charge in [0.2, 0.25) is 0 Å². The van der Waals surface area contributed by atoms with Gasteiger partial charge in [0.05, 0.1) is 10.5 Å². The molecule has 0 spiro atoms. The molecule has 5 nitrogen and oxygen atoms in total. The number of piperidine rings is 1. The van der Waals surface area contributed by atoms with Crippen LogP contribution in [-0.2, 0) is 4.74 Å². The Morgan fingerprint density at radius 3 is 2.45 bits per heavy atom. The Hall–Kier alpha value is -2.79. The minimum atomic E-state index is -0.476. The van der Waals surface area contributed by atoms with E-state index in [0.717, 1.165) is 40.6 Å². The van der Waals surface area contributed by atoms with Crippen LogP contribution in [0.15, 0.2) is 54.7 Å². The molecule has 0 atom stereocenters. The average molecular weight is 439 g/mol. The van der Waals surface area contributed by atoms with Crippen LogP contribution in [-0.4, -0.2) is 40.8 Å². The highest BCUT2D eigenvalue weighted by atomic mass is 35.5. The Labute approximate surface area is 187 Å². The van der Waals surface area contributed by atoms with Crippen molar-refractivity contribution < 1.29 is 14.3 Å². The van der Waals surface area contributed by atoms with Crippen molar-refractivity contribution in [2.75, 3.05) is 13.1 Å². The number of rotatable bonds is 3. The molecule has 3 aromatic rings. The molecule has 0 aliphatic carbocycles. The summed E-state index contributed by atoms with van der Waals surface area (Å²) in [6.45, 7) is 6.92. The van der Waals surface area contributed by atoms with E-state index in [1.807, 2.05) is 69.3 Å². The highest BCUT2D eigenvalue weighted by Gasteiger charge is 2.27. The topological polar surface area (TPSA) is 51.7 Å². The number of carbonyl (C=O) groups is 1. The molecule has 0 N–H and O–H groups in total. The van der Waals surface area contributed by atoms with Crippen molar-refractivity contribution in [3.63, 3.8) is 0 Å². The molecule has 2 heterocycles. The minimum absolute atomic E-state index is 0.0815. The number of nitrogens with zero attached hydrogens (tertiary/aromatic N) is 2. The lowest BCUT2D eigenvalue weighted by atomic mass is 10.0. The first-order valence-corrected chi connectivity index (χ1v) is 11.0. The summed E-state index contributed by atoms with van der Waals surface area (Å²) in [6.07, 6.45) is 3.14. The number of fused-ring (bicyclic) bond motifs is 1. The third kappa shape index (κ3) is 5.10. The summed E-state index contributed by atoms with van der Waals surface area (Å²) in [6, 6.07) is 15.9. The predicted molar refractivity (Wildman–Crippen MR) is 124 cm³/mol. The van der Waals surface area contributed by atoms with Crippen LogP contribution in [0.5, 0.6) is 5.75 Å². The van der Waals surface area contributed by atoms with Crippen molar-refractivity contribution in [2.45, 2.75) is 45.3 Å². The Morgan fingerprint density at radius 2 is 1.77 bits per heavy atom. The molecule has 31 heavy (non-hydrogen) atoms. The molecule has 1 fully saturated rings. The summed E-state index contributed by atoms with van der Waals surface area (Å²) in [4.78, 5) is 18.4. The van der Waals surface area contributed by atoms with Crippen molar-refractivity contribution in [2.24, 2.45) is 0 Å². The zero-order valence-corrected chi connectivity index (χ0v) is 18.9. The van der Waals surface area contributed by atoms with E-state index in [0.29, 0.717) is 18.1 Å². The second kappa shape index (κ2) is 8.75. The number of pyridine rings is 1. The lowest BCUT2D eigenvalue weighted by molar-refractivity contribution is 0.0126. The van der Waals surface area contributed by atoms with E-state index in [1.54, 1.807) is 11.1 Å². The number of amides is 1. The number of ether oxygens (including phenoxy) is 2. The second-order valence-electron chi connectivity index (χ2n) is 8.81. The van der Waals surface area contributed by atoms with E-state index in [-0.39, 0.29) is 12.2 Å². The first-order chi connectivity index (χ1) is 14.8. The Morgan fingerprint density at radius 1 is 1.06 bits per heavy atom. The standard InChI is InChI=1S/C25H27ClN2O3/c1-25(2,3)31-24(29)28-15-12-20(13-16-28)30-19-9-6-17(7-10-19)21-11-8-18-5-4-14-27-23(18)22(21)26/h4-11,14,20H,12-13,15-16H2,1-3H3. The average Bonchev–Trinajstić information content (AvgIpc) is 2.74. The molecule has 1 amide bonds. The van der Waals surface area contributed by atoms with Crippen LogP contribution in [0.25, 0.3) is 22.0 Å². The maximum atomic E-state index is 12.2. The van der Waals surface area contributed by atoms with Crippen LogP contribution in [0, 0.1) is 0 Å². The first-order valence-electron chi connectivity index (χ1n) is 10.6. The number of carbonyl (C=O) groups excluding carboxylic acids is 1. The molecule has 1 saturated heterocycles. The summed E-state index contributed by atoms with van der Waals surface area (Å²) >= 11 is 6.61. The van der Waals surface area contributed by atoms with Gasteiger partial charge in [0.15, 0.2) is 0 Å². The molecule has 4 rings (SSSR count). The fourth-order valence-corrected chi connectivity index (χ4v) is 4.05. The highest BCUT2D eigenvalue weighted by Crippen LogP contribution is 2.34. The molecule has 1 aliphatic heterocycles. The van der Waals surface area contributed by atoms with Crippen molar-refractivity contribution in [3.8, 4) is 16.9 Å². The molecular formula is C25H27ClN2O3. The molecule has 2 aromatic carbocycles. The molecule has 1 aromatic heterocycles. The van der Waals surface area contributed by atoms with Crippen LogP contribution in [0.2, 0.25) is 5.02 Å². The van der Waals surface area contributed by atoms with Gasteiger partial charge < -0.3 is 14.4 Å². The number of halogens is 1. The van der Waals surface area contributed by atoms with E-state index in [1.165, 1.54) is 0 Å². The summed E-state index contributed by atoms with van der Waals surface area (Å²) < 4.78 is 11.6. The molecule has 0 unspecified atom stereocenters. The number of hydrogen-bond donors (Lipinski definition) is 0. The van der Waals surface area contributed by atoms with Gasteiger partial charge in [-0.25, -0.2) is 4.79 Å². The molecule has 1 aliphatic rings. The van der Waals surface area contributed by atoms with Gasteiger partial charge in [0.25, 0.3) is 0 Å². The lowest BCUT2D eigenvalue weighted by Crippen LogP contribution is -2.44. The fourth-order valence-electron chi connectivity index (χ4n) is 3.72. The predicted octanol–water partition coefficient (Wildman–Crippen LogP) is 6.33. The Balaban J connectivity index is 1.38. The van der Waals surface area contributed by atoms with E-state index < -0.39 is 5.60 Å². The van der Waals surface area contributed by atoms with Crippen LogP contribution >= 0.6 is 11.6 Å². The number of benzene rings is 2. The van der Waals surface area contributed by atoms with Crippen LogP contribution in [0.1, 0.15) is 33.6 Å². The molecule has 0 bridgehead atoms. The fraction of sp³-hybridized carbons (Fsp3) is 0.360. The molecule has 6 heteroatoms. The summed E-state index contributed by atoms with van der Waals surface area (Å²) in [7, 11) is 0. The Kier molecular flexibility index (Phi) is 6.05. The van der Waals surface area contributed by atoms with E-state index >= 15 is 0 Å². The zero-order valence-electron chi connectivity index (χ0n) is 18.1. The van der Waals surface area contributed by atoms with Crippen LogP contribution in [0.4, 0.5) is 4.79 Å². The second-order valence-corrected chi connectivity index (χ2v) is 9.19. The molecule has 0 saturated carbocycles. The van der Waals surface area contributed by atoms with E-state index in [4.69, 9.17) is 21.1 Å². The highest BCUT2D eigenvalue weighted by molar-refractivity contribution is 6.37. The maximum absolute atomic E-state index is 12.2. The Bertz CT molecular complexity index is 1070. The third-order valence-corrected chi connectivity index (χ3v) is 5.66.